The molecule has 11 heteroatoms. The average molecular weight is 509 g/mol. The lowest BCUT2D eigenvalue weighted by molar-refractivity contribution is -0.348. The van der Waals surface area contributed by atoms with Crippen LogP contribution >= 0.6 is 0 Å². The number of fused-ring (bicyclic) bond motifs is 3. The summed E-state index contributed by atoms with van der Waals surface area (Å²) >= 11 is 0. The van der Waals surface area contributed by atoms with Crippen molar-refractivity contribution in [3.63, 3.8) is 0 Å². The van der Waals surface area contributed by atoms with Crippen molar-refractivity contribution in [2.45, 2.75) is 66.3 Å². The van der Waals surface area contributed by atoms with Gasteiger partial charge in [-0.05, 0) is 61.1 Å². The molecular formula is C23H22F7NO2S. The van der Waals surface area contributed by atoms with Crippen molar-refractivity contribution in [3.8, 4) is 0 Å². The van der Waals surface area contributed by atoms with Crippen LogP contribution in [-0.2, 0) is 33.1 Å². The zero-order chi connectivity index (χ0) is 25.2. The number of hydrogen-bond acceptors (Lipinski definition) is 3. The van der Waals surface area contributed by atoms with E-state index in [2.05, 4.69) is 5.32 Å². The van der Waals surface area contributed by atoms with E-state index in [0.717, 1.165) is 11.6 Å². The molecule has 4 rings (SSSR count). The molecule has 2 unspecified atom stereocenters. The highest BCUT2D eigenvalue weighted by Crippen LogP contribution is 2.55. The molecule has 2 atom stereocenters. The minimum Gasteiger partial charge on any atom is -0.312 e. The Morgan fingerprint density at radius 3 is 2.15 bits per heavy atom. The molecule has 186 valence electrons. The van der Waals surface area contributed by atoms with Crippen LogP contribution in [0.25, 0.3) is 0 Å². The molecule has 34 heavy (non-hydrogen) atoms. The van der Waals surface area contributed by atoms with Crippen molar-refractivity contribution in [1.82, 2.24) is 5.32 Å². The Morgan fingerprint density at radius 1 is 0.971 bits per heavy atom. The SMILES string of the molecule is CCc1ccc(S(=O)(=O)C23CCNC2CCc2cc(C(F)(C(F)(F)F)C(F)(F)F)ccc23)cc1. The normalized spacial score (nSPS) is 23.5. The summed E-state index contributed by atoms with van der Waals surface area (Å²) in [6.45, 7) is 2.21. The largest absolute Gasteiger partial charge is 0.435 e. The van der Waals surface area contributed by atoms with E-state index in [1.165, 1.54) is 12.1 Å². The van der Waals surface area contributed by atoms with Crippen molar-refractivity contribution in [2.24, 2.45) is 0 Å². The van der Waals surface area contributed by atoms with Crippen molar-refractivity contribution < 1.29 is 39.2 Å². The van der Waals surface area contributed by atoms with Gasteiger partial charge in [-0.15, -0.1) is 0 Å². The van der Waals surface area contributed by atoms with Gasteiger partial charge in [-0.1, -0.05) is 37.3 Å². The highest BCUT2D eigenvalue weighted by Gasteiger charge is 2.73. The van der Waals surface area contributed by atoms with Crippen molar-refractivity contribution in [3.05, 3.63) is 64.7 Å². The molecule has 2 aromatic carbocycles. The molecule has 1 heterocycles. The first-order valence-corrected chi connectivity index (χ1v) is 12.2. The number of benzene rings is 2. The Bertz CT molecular complexity index is 1180. The van der Waals surface area contributed by atoms with Gasteiger partial charge in [-0.25, -0.2) is 12.8 Å². The van der Waals surface area contributed by atoms with Crippen LogP contribution in [0.5, 0.6) is 0 Å². The number of alkyl halides is 7. The summed E-state index contributed by atoms with van der Waals surface area (Å²) in [6, 6.07) is 7.53. The minimum atomic E-state index is -6.24. The maximum atomic E-state index is 14.7. The Labute approximate surface area is 192 Å². The Kier molecular flexibility index (Phi) is 5.83. The van der Waals surface area contributed by atoms with E-state index in [4.69, 9.17) is 0 Å². The predicted octanol–water partition coefficient (Wildman–Crippen LogP) is 5.52. The zero-order valence-electron chi connectivity index (χ0n) is 18.0. The Morgan fingerprint density at radius 2 is 1.59 bits per heavy atom. The molecule has 2 aromatic rings. The summed E-state index contributed by atoms with van der Waals surface area (Å²) in [4.78, 5) is 0.0146. The number of halogens is 7. The third-order valence-electron chi connectivity index (χ3n) is 7.01. The smallest absolute Gasteiger partial charge is 0.312 e. The summed E-state index contributed by atoms with van der Waals surface area (Å²) in [6.07, 6.45) is -11.5. The first-order chi connectivity index (χ1) is 15.7. The topological polar surface area (TPSA) is 46.2 Å². The molecule has 1 aliphatic carbocycles. The molecule has 0 radical (unpaired) electrons. The maximum Gasteiger partial charge on any atom is 0.435 e. The minimum absolute atomic E-state index is 0.0126. The second-order valence-corrected chi connectivity index (χ2v) is 10.9. The first-order valence-electron chi connectivity index (χ1n) is 10.7. The van der Waals surface area contributed by atoms with Gasteiger partial charge in [0.25, 0.3) is 0 Å². The van der Waals surface area contributed by atoms with Crippen LogP contribution in [0.15, 0.2) is 47.4 Å². The average Bonchev–Trinajstić information content (AvgIpc) is 3.23. The molecule has 0 saturated carbocycles. The molecule has 3 nitrogen and oxygen atoms in total. The molecule has 2 aliphatic rings. The van der Waals surface area contributed by atoms with Gasteiger partial charge in [0.05, 0.1) is 4.90 Å². The van der Waals surface area contributed by atoms with Crippen molar-refractivity contribution in [2.75, 3.05) is 6.54 Å². The molecule has 0 bridgehead atoms. The van der Waals surface area contributed by atoms with Crippen molar-refractivity contribution >= 4 is 9.84 Å². The van der Waals surface area contributed by atoms with Crippen LogP contribution in [-0.4, -0.2) is 33.4 Å². The fraction of sp³-hybridized carbons (Fsp3) is 0.478. The van der Waals surface area contributed by atoms with Crippen LogP contribution in [0, 0.1) is 0 Å². The zero-order valence-corrected chi connectivity index (χ0v) is 18.8. The number of sulfone groups is 1. The Balaban J connectivity index is 1.90. The lowest BCUT2D eigenvalue weighted by Gasteiger charge is -2.41. The van der Waals surface area contributed by atoms with Gasteiger partial charge in [0.15, 0.2) is 9.84 Å². The van der Waals surface area contributed by atoms with Gasteiger partial charge >= 0.3 is 18.0 Å². The quantitative estimate of drug-likeness (QED) is 0.553. The number of nitrogens with one attached hydrogen (secondary N) is 1. The van der Waals surface area contributed by atoms with Crippen LogP contribution in [0.3, 0.4) is 0 Å². The van der Waals surface area contributed by atoms with Crippen LogP contribution in [0.1, 0.15) is 42.0 Å². The van der Waals surface area contributed by atoms with E-state index >= 15 is 0 Å². The van der Waals surface area contributed by atoms with Gasteiger partial charge < -0.3 is 5.32 Å². The predicted molar refractivity (Wildman–Crippen MR) is 111 cm³/mol. The summed E-state index contributed by atoms with van der Waals surface area (Å²) in [5, 5.41) is 3.12. The monoisotopic (exact) mass is 509 g/mol. The molecule has 0 aromatic heterocycles. The third kappa shape index (κ3) is 3.37. The first kappa shape index (κ1) is 25.0. The second kappa shape index (κ2) is 7.94. The molecule has 1 aliphatic heterocycles. The van der Waals surface area contributed by atoms with E-state index in [1.807, 2.05) is 6.92 Å². The van der Waals surface area contributed by atoms with Crippen molar-refractivity contribution in [1.29, 1.82) is 0 Å². The third-order valence-corrected chi connectivity index (χ3v) is 9.57. The lowest BCUT2D eigenvalue weighted by atomic mass is 9.77. The van der Waals surface area contributed by atoms with Crippen LogP contribution < -0.4 is 5.32 Å². The molecule has 1 N–H and O–H groups in total. The summed E-state index contributed by atoms with van der Waals surface area (Å²) in [5.74, 6) is 0. The van der Waals surface area contributed by atoms with Crippen LogP contribution in [0.4, 0.5) is 30.7 Å². The fourth-order valence-electron chi connectivity index (χ4n) is 5.23. The number of hydrogen-bond donors (Lipinski definition) is 1. The van der Waals surface area contributed by atoms with E-state index in [9.17, 15) is 39.2 Å². The summed E-state index contributed by atoms with van der Waals surface area (Å²) < 4.78 is 121. The lowest BCUT2D eigenvalue weighted by Crippen LogP contribution is -2.51. The summed E-state index contributed by atoms with van der Waals surface area (Å²) in [5.41, 5.74) is -6.17. The van der Waals surface area contributed by atoms with E-state index in [-0.39, 0.29) is 35.3 Å². The van der Waals surface area contributed by atoms with Gasteiger partial charge in [-0.3, -0.25) is 0 Å². The van der Waals surface area contributed by atoms with Gasteiger partial charge in [-0.2, -0.15) is 26.3 Å². The molecule has 0 amide bonds. The highest BCUT2D eigenvalue weighted by molar-refractivity contribution is 7.92. The van der Waals surface area contributed by atoms with Gasteiger partial charge in [0.1, 0.15) is 4.75 Å². The number of rotatable bonds is 4. The molecule has 1 fully saturated rings. The maximum absolute atomic E-state index is 14.7. The van der Waals surface area contributed by atoms with E-state index in [0.29, 0.717) is 25.1 Å². The van der Waals surface area contributed by atoms with E-state index in [1.54, 1.807) is 12.1 Å². The summed E-state index contributed by atoms with van der Waals surface area (Å²) in [7, 11) is -4.10. The fourth-order valence-corrected chi connectivity index (χ4v) is 7.58. The Hall–Kier alpha value is -2.14. The van der Waals surface area contributed by atoms with Gasteiger partial charge in [0.2, 0.25) is 0 Å². The molecule has 1 saturated heterocycles. The number of aryl methyl sites for hydroxylation is 2. The molecular weight excluding hydrogens is 487 g/mol. The van der Waals surface area contributed by atoms with Crippen LogP contribution in [0.2, 0.25) is 0 Å². The highest BCUT2D eigenvalue weighted by atomic mass is 32.2. The molecule has 0 spiro atoms. The second-order valence-electron chi connectivity index (χ2n) is 8.71. The van der Waals surface area contributed by atoms with E-state index < -0.39 is 44.2 Å². The van der Waals surface area contributed by atoms with Gasteiger partial charge in [0, 0.05) is 11.6 Å². The standard InChI is InChI=1S/C23H22F7NO2S/c1-2-14-3-7-17(8-4-14)34(32,33)20-11-12-31-19(20)10-5-15-13-16(6-9-18(15)20)21(24,22(25,26)27)23(28,29)30/h3-4,6-9,13,19,31H,2,5,10-12H2,1H3.